The molecule has 1 aliphatic rings. The third-order valence-electron chi connectivity index (χ3n) is 4.59. The molecular formula is C20H24N2O4S. The van der Waals surface area contributed by atoms with Crippen molar-refractivity contribution in [3.05, 3.63) is 59.9 Å². The molecule has 0 N–H and O–H groups in total. The van der Waals surface area contributed by atoms with Crippen LogP contribution in [-0.2, 0) is 32.3 Å². The lowest BCUT2D eigenvalue weighted by Crippen LogP contribution is -2.38. The predicted molar refractivity (Wildman–Crippen MR) is 102 cm³/mol. The fraction of sp³-hybridized carbons (Fsp3) is 0.400. The van der Waals surface area contributed by atoms with Crippen molar-refractivity contribution >= 4 is 15.7 Å². The number of carbonyl (C=O) groups is 1. The molecule has 0 radical (unpaired) electrons. The molecule has 2 heterocycles. The lowest BCUT2D eigenvalue weighted by atomic mass is 10.1. The van der Waals surface area contributed by atoms with E-state index in [-0.39, 0.29) is 23.3 Å². The molecule has 0 saturated carbocycles. The van der Waals surface area contributed by atoms with E-state index in [1.54, 1.807) is 35.4 Å². The van der Waals surface area contributed by atoms with Gasteiger partial charge in [-0.1, -0.05) is 18.2 Å². The summed E-state index contributed by atoms with van der Waals surface area (Å²) in [5.74, 6) is -0.0248. The molecular weight excluding hydrogens is 364 g/mol. The summed E-state index contributed by atoms with van der Waals surface area (Å²) in [4.78, 5) is 19.3. The Bertz CT molecular complexity index is 861. The maximum Gasteiger partial charge on any atom is 0.227 e. The Hall–Kier alpha value is -2.25. The summed E-state index contributed by atoms with van der Waals surface area (Å²) in [5.41, 5.74) is 1.61. The Morgan fingerprint density at radius 3 is 2.59 bits per heavy atom. The number of carbonyl (C=O) groups excluding carboxylic acids is 1. The van der Waals surface area contributed by atoms with Crippen LogP contribution in [0.25, 0.3) is 0 Å². The molecule has 27 heavy (non-hydrogen) atoms. The number of pyridine rings is 1. The van der Waals surface area contributed by atoms with Crippen molar-refractivity contribution in [2.45, 2.75) is 36.8 Å². The highest BCUT2D eigenvalue weighted by atomic mass is 32.2. The third-order valence-corrected chi connectivity index (χ3v) is 5.72. The molecule has 0 aliphatic carbocycles. The number of hydrogen-bond donors (Lipinski definition) is 0. The highest BCUT2D eigenvalue weighted by molar-refractivity contribution is 7.90. The van der Waals surface area contributed by atoms with E-state index in [0.717, 1.165) is 30.7 Å². The molecule has 1 aromatic heterocycles. The van der Waals surface area contributed by atoms with E-state index < -0.39 is 9.84 Å². The van der Waals surface area contributed by atoms with Gasteiger partial charge in [-0.2, -0.15) is 0 Å². The highest BCUT2D eigenvalue weighted by Crippen LogP contribution is 2.17. The summed E-state index contributed by atoms with van der Waals surface area (Å²) >= 11 is 0. The monoisotopic (exact) mass is 388 g/mol. The van der Waals surface area contributed by atoms with E-state index in [2.05, 4.69) is 4.98 Å². The van der Waals surface area contributed by atoms with Gasteiger partial charge >= 0.3 is 0 Å². The quantitative estimate of drug-likeness (QED) is 0.727. The van der Waals surface area contributed by atoms with Crippen molar-refractivity contribution in [3.63, 3.8) is 0 Å². The second-order valence-corrected chi connectivity index (χ2v) is 8.84. The van der Waals surface area contributed by atoms with Crippen LogP contribution in [0.15, 0.2) is 53.6 Å². The zero-order chi connectivity index (χ0) is 19.3. The Labute approximate surface area is 160 Å². The van der Waals surface area contributed by atoms with Gasteiger partial charge in [0.1, 0.15) is 0 Å². The first-order chi connectivity index (χ1) is 12.9. The van der Waals surface area contributed by atoms with Crippen molar-refractivity contribution in [2.75, 3.05) is 19.4 Å². The van der Waals surface area contributed by atoms with E-state index in [1.807, 2.05) is 18.2 Å². The van der Waals surface area contributed by atoms with Gasteiger partial charge in [0, 0.05) is 25.6 Å². The van der Waals surface area contributed by atoms with Crippen LogP contribution >= 0.6 is 0 Å². The number of hydrogen-bond acceptors (Lipinski definition) is 5. The van der Waals surface area contributed by atoms with Crippen molar-refractivity contribution in [1.29, 1.82) is 0 Å². The average molecular weight is 388 g/mol. The number of ether oxygens (including phenoxy) is 1. The Morgan fingerprint density at radius 1 is 1.22 bits per heavy atom. The highest BCUT2D eigenvalue weighted by Gasteiger charge is 2.23. The normalized spacial score (nSPS) is 17.0. The molecule has 1 aromatic carbocycles. The van der Waals surface area contributed by atoms with Gasteiger partial charge in [-0.3, -0.25) is 9.78 Å². The van der Waals surface area contributed by atoms with Gasteiger partial charge in [0.15, 0.2) is 9.84 Å². The van der Waals surface area contributed by atoms with Gasteiger partial charge in [-0.25, -0.2) is 8.42 Å². The molecule has 1 amide bonds. The van der Waals surface area contributed by atoms with Gasteiger partial charge in [-0.15, -0.1) is 0 Å². The largest absolute Gasteiger partial charge is 0.376 e. The van der Waals surface area contributed by atoms with Crippen LogP contribution in [0, 0.1) is 0 Å². The minimum atomic E-state index is -3.24. The molecule has 0 bridgehead atoms. The molecule has 1 aliphatic heterocycles. The lowest BCUT2D eigenvalue weighted by molar-refractivity contribution is -0.132. The van der Waals surface area contributed by atoms with E-state index >= 15 is 0 Å². The molecule has 6 nitrogen and oxygen atoms in total. The zero-order valence-electron chi connectivity index (χ0n) is 15.4. The standard InChI is InChI=1S/C20H24N2O4S/c1-27(24,25)19-9-7-16(8-10-19)13-20(23)22(15-18-6-4-12-26-18)14-17-5-2-3-11-21-17/h2-3,5,7-11,18H,4,6,12-15H2,1H3. The second kappa shape index (κ2) is 8.63. The molecule has 1 unspecified atom stereocenters. The Balaban J connectivity index is 1.71. The van der Waals surface area contributed by atoms with Crippen molar-refractivity contribution in [1.82, 2.24) is 9.88 Å². The smallest absolute Gasteiger partial charge is 0.227 e. The van der Waals surface area contributed by atoms with Crippen LogP contribution in [0.2, 0.25) is 0 Å². The van der Waals surface area contributed by atoms with Crippen molar-refractivity contribution in [2.24, 2.45) is 0 Å². The van der Waals surface area contributed by atoms with Gasteiger partial charge in [0.2, 0.25) is 5.91 Å². The Kier molecular flexibility index (Phi) is 6.23. The minimum Gasteiger partial charge on any atom is -0.376 e. The number of rotatable bonds is 7. The van der Waals surface area contributed by atoms with E-state index in [0.29, 0.717) is 13.1 Å². The third kappa shape index (κ3) is 5.61. The van der Waals surface area contributed by atoms with Gasteiger partial charge < -0.3 is 9.64 Å². The number of sulfone groups is 1. The van der Waals surface area contributed by atoms with Crippen LogP contribution in [0.4, 0.5) is 0 Å². The van der Waals surface area contributed by atoms with Crippen molar-refractivity contribution < 1.29 is 17.9 Å². The Morgan fingerprint density at radius 2 is 2.00 bits per heavy atom. The number of nitrogens with zero attached hydrogens (tertiary/aromatic N) is 2. The fourth-order valence-electron chi connectivity index (χ4n) is 3.12. The molecule has 7 heteroatoms. The predicted octanol–water partition coefficient (Wildman–Crippen LogP) is 2.24. The first kappa shape index (κ1) is 19.5. The second-order valence-electron chi connectivity index (χ2n) is 6.82. The molecule has 1 fully saturated rings. The molecule has 144 valence electrons. The number of aromatic nitrogens is 1. The van der Waals surface area contributed by atoms with Gasteiger partial charge in [-0.05, 0) is 42.7 Å². The number of benzene rings is 1. The zero-order valence-corrected chi connectivity index (χ0v) is 16.2. The SMILES string of the molecule is CS(=O)(=O)c1ccc(CC(=O)N(Cc2ccccn2)CC2CCCO2)cc1. The summed E-state index contributed by atoms with van der Waals surface area (Å²) in [6.07, 6.45) is 5.13. The summed E-state index contributed by atoms with van der Waals surface area (Å²) < 4.78 is 28.8. The van der Waals surface area contributed by atoms with E-state index in [4.69, 9.17) is 4.74 Å². The molecule has 1 saturated heterocycles. The first-order valence-electron chi connectivity index (χ1n) is 9.00. The molecule has 1 atom stereocenters. The minimum absolute atomic E-state index is 0.0248. The fourth-order valence-corrected chi connectivity index (χ4v) is 3.75. The van der Waals surface area contributed by atoms with Gasteiger partial charge in [0.25, 0.3) is 0 Å². The average Bonchev–Trinajstić information content (AvgIpc) is 3.15. The summed E-state index contributed by atoms with van der Waals surface area (Å²) in [6, 6.07) is 12.1. The lowest BCUT2D eigenvalue weighted by Gasteiger charge is -2.25. The topological polar surface area (TPSA) is 76.6 Å². The van der Waals surface area contributed by atoms with Crippen LogP contribution in [0.1, 0.15) is 24.1 Å². The molecule has 0 spiro atoms. The van der Waals surface area contributed by atoms with Crippen LogP contribution < -0.4 is 0 Å². The number of amides is 1. The van der Waals surface area contributed by atoms with Crippen LogP contribution in [0.5, 0.6) is 0 Å². The summed E-state index contributed by atoms with van der Waals surface area (Å²) in [6.45, 7) is 1.71. The van der Waals surface area contributed by atoms with E-state index in [9.17, 15) is 13.2 Å². The maximum absolute atomic E-state index is 12.9. The summed E-state index contributed by atoms with van der Waals surface area (Å²) in [5, 5.41) is 0. The summed E-state index contributed by atoms with van der Waals surface area (Å²) in [7, 11) is -3.24. The van der Waals surface area contributed by atoms with E-state index in [1.165, 1.54) is 6.26 Å². The molecule has 3 rings (SSSR count). The van der Waals surface area contributed by atoms with Crippen LogP contribution in [0.3, 0.4) is 0 Å². The maximum atomic E-state index is 12.9. The molecule has 2 aromatic rings. The van der Waals surface area contributed by atoms with Crippen LogP contribution in [-0.4, -0.2) is 49.7 Å². The first-order valence-corrected chi connectivity index (χ1v) is 10.9. The van der Waals surface area contributed by atoms with Gasteiger partial charge in [0.05, 0.1) is 29.7 Å². The van der Waals surface area contributed by atoms with Crippen molar-refractivity contribution in [3.8, 4) is 0 Å².